The number of carbonyl (C=O) groups excluding carboxylic acids is 3. The van der Waals surface area contributed by atoms with Crippen LogP contribution in [-0.2, 0) is 9.59 Å². The maximum Gasteiger partial charge on any atom is 0.241 e. The van der Waals surface area contributed by atoms with Crippen molar-refractivity contribution in [3.8, 4) is 5.69 Å². The highest BCUT2D eigenvalue weighted by molar-refractivity contribution is 6.02. The van der Waals surface area contributed by atoms with Gasteiger partial charge < -0.3 is 16.0 Å². The predicted octanol–water partition coefficient (Wildman–Crippen LogP) is 0.622. The molecular weight excluding hydrogens is 334 g/mol. The predicted molar refractivity (Wildman–Crippen MR) is 95.7 cm³/mol. The van der Waals surface area contributed by atoms with Crippen molar-refractivity contribution in [1.82, 2.24) is 20.0 Å². The SMILES string of the molecule is CC(=O)NCC(=O)N1CC[C@H](C(=O)c2cnn(-c3ccccc3)c2N)C1. The van der Waals surface area contributed by atoms with E-state index in [0.717, 1.165) is 5.69 Å². The number of nitrogens with two attached hydrogens (primary N) is 1. The van der Waals surface area contributed by atoms with Crippen molar-refractivity contribution in [2.75, 3.05) is 25.4 Å². The summed E-state index contributed by atoms with van der Waals surface area (Å²) in [6.07, 6.45) is 2.05. The van der Waals surface area contributed by atoms with Gasteiger partial charge in [-0.2, -0.15) is 5.10 Å². The Kier molecular flexibility index (Phi) is 5.01. The highest BCUT2D eigenvalue weighted by Gasteiger charge is 2.33. The lowest BCUT2D eigenvalue weighted by atomic mass is 9.98. The van der Waals surface area contributed by atoms with Crippen LogP contribution in [0.3, 0.4) is 0 Å². The first-order chi connectivity index (χ1) is 12.5. The smallest absolute Gasteiger partial charge is 0.241 e. The van der Waals surface area contributed by atoms with Crippen LogP contribution < -0.4 is 11.1 Å². The number of aromatic nitrogens is 2. The number of likely N-dealkylation sites (tertiary alicyclic amines) is 1. The van der Waals surface area contributed by atoms with E-state index < -0.39 is 0 Å². The number of Topliss-reactive ketones (excluding diaryl/α,β-unsaturated/α-hetero) is 1. The summed E-state index contributed by atoms with van der Waals surface area (Å²) in [5.74, 6) is -0.578. The highest BCUT2D eigenvalue weighted by atomic mass is 16.2. The third-order valence-electron chi connectivity index (χ3n) is 4.47. The molecule has 0 bridgehead atoms. The summed E-state index contributed by atoms with van der Waals surface area (Å²) in [6, 6.07) is 9.34. The number of hydrogen-bond acceptors (Lipinski definition) is 5. The van der Waals surface area contributed by atoms with E-state index in [1.165, 1.54) is 17.8 Å². The fraction of sp³-hybridized carbons (Fsp3) is 0.333. The molecule has 3 rings (SSSR count). The minimum absolute atomic E-state index is 0.0513. The zero-order chi connectivity index (χ0) is 18.7. The van der Waals surface area contributed by atoms with Crippen molar-refractivity contribution in [2.45, 2.75) is 13.3 Å². The van der Waals surface area contributed by atoms with E-state index in [4.69, 9.17) is 5.73 Å². The first-order valence-electron chi connectivity index (χ1n) is 8.42. The standard InChI is InChI=1S/C18H21N5O3/c1-12(24)20-10-16(25)22-8-7-13(11-22)17(26)15-9-21-23(18(15)19)14-5-3-2-4-6-14/h2-6,9,13H,7-8,10-11,19H2,1H3,(H,20,24)/t13-/m0/s1. The zero-order valence-corrected chi connectivity index (χ0v) is 14.5. The van der Waals surface area contributed by atoms with Crippen LogP contribution in [0.15, 0.2) is 36.5 Å². The fourth-order valence-corrected chi connectivity index (χ4v) is 3.06. The van der Waals surface area contributed by atoms with Gasteiger partial charge in [0.1, 0.15) is 5.82 Å². The van der Waals surface area contributed by atoms with Crippen LogP contribution in [0.4, 0.5) is 5.82 Å². The molecule has 1 aromatic heterocycles. The van der Waals surface area contributed by atoms with Crippen LogP contribution in [-0.4, -0.2) is 51.9 Å². The molecule has 1 aromatic carbocycles. The van der Waals surface area contributed by atoms with Crippen LogP contribution in [0.5, 0.6) is 0 Å². The second-order valence-corrected chi connectivity index (χ2v) is 6.29. The Balaban J connectivity index is 1.68. The van der Waals surface area contributed by atoms with E-state index in [1.54, 1.807) is 4.90 Å². The highest BCUT2D eigenvalue weighted by Crippen LogP contribution is 2.25. The number of anilines is 1. The molecule has 1 atom stereocenters. The average molecular weight is 355 g/mol. The van der Waals surface area contributed by atoms with Crippen LogP contribution in [0.1, 0.15) is 23.7 Å². The van der Waals surface area contributed by atoms with Crippen LogP contribution in [0.2, 0.25) is 0 Å². The molecule has 1 saturated heterocycles. The molecule has 0 radical (unpaired) electrons. The Labute approximate surface area is 151 Å². The van der Waals surface area contributed by atoms with Crippen molar-refractivity contribution in [1.29, 1.82) is 0 Å². The van der Waals surface area contributed by atoms with Crippen molar-refractivity contribution in [3.63, 3.8) is 0 Å². The summed E-state index contributed by atoms with van der Waals surface area (Å²) in [5.41, 5.74) is 7.28. The van der Waals surface area contributed by atoms with E-state index >= 15 is 0 Å². The van der Waals surface area contributed by atoms with E-state index in [0.29, 0.717) is 30.9 Å². The number of ketones is 1. The lowest BCUT2D eigenvalue weighted by Gasteiger charge is -2.16. The Hall–Kier alpha value is -3.16. The number of nitrogens with one attached hydrogen (secondary N) is 1. The summed E-state index contributed by atoms with van der Waals surface area (Å²) in [7, 11) is 0. The van der Waals surface area contributed by atoms with E-state index in [-0.39, 0.29) is 30.1 Å². The Morgan fingerprint density at radius 2 is 2.00 bits per heavy atom. The fourth-order valence-electron chi connectivity index (χ4n) is 3.06. The molecule has 2 heterocycles. The average Bonchev–Trinajstić information content (AvgIpc) is 3.27. The summed E-state index contributed by atoms with van der Waals surface area (Å²) >= 11 is 0. The largest absolute Gasteiger partial charge is 0.383 e. The summed E-state index contributed by atoms with van der Waals surface area (Å²) < 4.78 is 1.53. The zero-order valence-electron chi connectivity index (χ0n) is 14.5. The first kappa shape index (κ1) is 17.7. The van der Waals surface area contributed by atoms with E-state index in [2.05, 4.69) is 10.4 Å². The summed E-state index contributed by atoms with van der Waals surface area (Å²) in [4.78, 5) is 37.4. The molecule has 0 saturated carbocycles. The number of benzene rings is 1. The molecule has 1 aliphatic heterocycles. The van der Waals surface area contributed by atoms with Gasteiger partial charge in [0.2, 0.25) is 11.8 Å². The number of nitrogens with zero attached hydrogens (tertiary/aromatic N) is 3. The van der Waals surface area contributed by atoms with Crippen LogP contribution in [0.25, 0.3) is 5.69 Å². The van der Waals surface area contributed by atoms with Gasteiger partial charge in [-0.05, 0) is 18.6 Å². The van der Waals surface area contributed by atoms with Crippen molar-refractivity contribution in [2.24, 2.45) is 5.92 Å². The number of rotatable bonds is 5. The lowest BCUT2D eigenvalue weighted by Crippen LogP contribution is -2.38. The summed E-state index contributed by atoms with van der Waals surface area (Å²) in [6.45, 7) is 2.12. The number of nitrogen functional groups attached to an aromatic ring is 1. The van der Waals surface area contributed by atoms with Gasteiger partial charge in [-0.15, -0.1) is 0 Å². The van der Waals surface area contributed by atoms with Gasteiger partial charge in [0.05, 0.1) is 24.0 Å². The Morgan fingerprint density at radius 1 is 1.27 bits per heavy atom. The minimum atomic E-state index is -0.313. The lowest BCUT2D eigenvalue weighted by molar-refractivity contribution is -0.131. The number of para-hydroxylation sites is 1. The van der Waals surface area contributed by atoms with Crippen molar-refractivity contribution in [3.05, 3.63) is 42.1 Å². The van der Waals surface area contributed by atoms with Gasteiger partial charge in [0.25, 0.3) is 0 Å². The molecule has 0 aliphatic carbocycles. The van der Waals surface area contributed by atoms with Gasteiger partial charge >= 0.3 is 0 Å². The Bertz CT molecular complexity index is 831. The van der Waals surface area contributed by atoms with Gasteiger partial charge in [-0.1, -0.05) is 18.2 Å². The molecule has 1 aliphatic rings. The molecular formula is C18H21N5O3. The van der Waals surface area contributed by atoms with Gasteiger partial charge in [-0.25, -0.2) is 4.68 Å². The monoisotopic (exact) mass is 355 g/mol. The molecule has 8 nitrogen and oxygen atoms in total. The molecule has 8 heteroatoms. The van der Waals surface area contributed by atoms with Crippen LogP contribution >= 0.6 is 0 Å². The van der Waals surface area contributed by atoms with Crippen molar-refractivity contribution >= 4 is 23.4 Å². The molecule has 2 aromatic rings. The molecule has 1 fully saturated rings. The van der Waals surface area contributed by atoms with Gasteiger partial charge in [-0.3, -0.25) is 14.4 Å². The van der Waals surface area contributed by atoms with Gasteiger partial charge in [0, 0.05) is 25.9 Å². The third kappa shape index (κ3) is 3.58. The van der Waals surface area contributed by atoms with Crippen molar-refractivity contribution < 1.29 is 14.4 Å². The number of hydrogen-bond donors (Lipinski definition) is 2. The first-order valence-corrected chi connectivity index (χ1v) is 8.42. The van der Waals surface area contributed by atoms with E-state index in [1.807, 2.05) is 30.3 Å². The quantitative estimate of drug-likeness (QED) is 0.764. The van der Waals surface area contributed by atoms with Gasteiger partial charge in [0.15, 0.2) is 5.78 Å². The second-order valence-electron chi connectivity index (χ2n) is 6.29. The molecule has 26 heavy (non-hydrogen) atoms. The minimum Gasteiger partial charge on any atom is -0.383 e. The molecule has 2 amide bonds. The third-order valence-corrected chi connectivity index (χ3v) is 4.47. The molecule has 136 valence electrons. The number of carbonyl (C=O) groups is 3. The van der Waals surface area contributed by atoms with Crippen LogP contribution in [0, 0.1) is 5.92 Å². The number of amides is 2. The summed E-state index contributed by atoms with van der Waals surface area (Å²) in [5, 5.41) is 6.70. The Morgan fingerprint density at radius 3 is 2.69 bits per heavy atom. The molecule has 0 spiro atoms. The maximum absolute atomic E-state index is 12.8. The maximum atomic E-state index is 12.8. The molecule has 3 N–H and O–H groups in total. The van der Waals surface area contributed by atoms with E-state index in [9.17, 15) is 14.4 Å². The topological polar surface area (TPSA) is 110 Å². The normalized spacial score (nSPS) is 16.5. The molecule has 0 unspecified atom stereocenters. The second kappa shape index (κ2) is 7.38.